The number of piperidine rings is 1. The molecule has 0 aromatic heterocycles. The first-order chi connectivity index (χ1) is 13.2. The van der Waals surface area contributed by atoms with Crippen molar-refractivity contribution in [3.8, 4) is 0 Å². The molecule has 27 heavy (non-hydrogen) atoms. The largest absolute Gasteiger partial charge is 0.466 e. The number of likely N-dealkylation sites (tertiary alicyclic amines) is 1. The van der Waals surface area contributed by atoms with Gasteiger partial charge in [-0.05, 0) is 30.9 Å². The van der Waals surface area contributed by atoms with Crippen molar-refractivity contribution in [3.63, 3.8) is 0 Å². The van der Waals surface area contributed by atoms with Crippen LogP contribution in [0.15, 0.2) is 60.7 Å². The van der Waals surface area contributed by atoms with Crippen molar-refractivity contribution >= 4 is 12.0 Å². The number of carbonyl (C=O) groups is 2. The Labute approximate surface area is 160 Å². The number of nitrogens with one attached hydrogen (secondary N) is 1. The van der Waals surface area contributed by atoms with Crippen LogP contribution in [0.25, 0.3) is 0 Å². The van der Waals surface area contributed by atoms with Crippen LogP contribution in [0.4, 0.5) is 4.79 Å². The Morgan fingerprint density at radius 3 is 2.00 bits per heavy atom. The fraction of sp³-hybridized carbons (Fsp3) is 0.364. The molecule has 1 heterocycles. The van der Waals surface area contributed by atoms with Gasteiger partial charge in [-0.1, -0.05) is 60.7 Å². The number of carbonyl (C=O) groups excluding carboxylic acids is 2. The molecule has 0 unspecified atom stereocenters. The summed E-state index contributed by atoms with van der Waals surface area (Å²) in [6, 6.07) is 19.6. The number of hydrogen-bond donors (Lipinski definition) is 1. The lowest BCUT2D eigenvalue weighted by molar-refractivity contribution is -0.149. The minimum atomic E-state index is -0.206. The quantitative estimate of drug-likeness (QED) is 0.820. The monoisotopic (exact) mass is 366 g/mol. The van der Waals surface area contributed by atoms with Gasteiger partial charge in [0.25, 0.3) is 0 Å². The summed E-state index contributed by atoms with van der Waals surface area (Å²) in [4.78, 5) is 26.5. The molecule has 2 aromatic carbocycles. The molecule has 0 saturated carbocycles. The predicted molar refractivity (Wildman–Crippen MR) is 104 cm³/mol. The maximum absolute atomic E-state index is 12.9. The molecule has 0 aliphatic carbocycles. The minimum Gasteiger partial charge on any atom is -0.466 e. The molecular weight excluding hydrogens is 340 g/mol. The van der Waals surface area contributed by atoms with Crippen LogP contribution in [0.1, 0.15) is 36.9 Å². The lowest BCUT2D eigenvalue weighted by Crippen LogP contribution is -2.46. The molecule has 1 N–H and O–H groups in total. The van der Waals surface area contributed by atoms with Gasteiger partial charge in [0.1, 0.15) is 0 Å². The van der Waals surface area contributed by atoms with Crippen LogP contribution in [0.2, 0.25) is 0 Å². The third kappa shape index (κ3) is 4.88. The van der Waals surface area contributed by atoms with Crippen molar-refractivity contribution in [3.05, 3.63) is 71.8 Å². The minimum absolute atomic E-state index is 0.102. The summed E-state index contributed by atoms with van der Waals surface area (Å²) in [5, 5.41) is 3.16. The molecular formula is C22H26N2O3. The molecule has 0 radical (unpaired) electrons. The molecule has 1 fully saturated rings. The number of ether oxygens (including phenoxy) is 1. The van der Waals surface area contributed by atoms with E-state index in [4.69, 9.17) is 4.74 Å². The van der Waals surface area contributed by atoms with E-state index in [9.17, 15) is 9.59 Å². The van der Waals surface area contributed by atoms with Crippen molar-refractivity contribution in [2.45, 2.75) is 25.8 Å². The summed E-state index contributed by atoms with van der Waals surface area (Å²) < 4.78 is 5.10. The lowest BCUT2D eigenvalue weighted by atomic mass is 9.97. The number of rotatable bonds is 5. The van der Waals surface area contributed by atoms with Gasteiger partial charge < -0.3 is 15.0 Å². The zero-order valence-corrected chi connectivity index (χ0v) is 15.6. The van der Waals surface area contributed by atoms with E-state index < -0.39 is 0 Å². The molecule has 0 atom stereocenters. The Kier molecular flexibility index (Phi) is 6.47. The SMILES string of the molecule is CCOC(=O)C1CCN(C(=O)NC(c2ccccc2)c2ccccc2)CC1. The van der Waals surface area contributed by atoms with Gasteiger partial charge in [-0.25, -0.2) is 4.79 Å². The Morgan fingerprint density at radius 1 is 1.00 bits per heavy atom. The van der Waals surface area contributed by atoms with Crippen molar-refractivity contribution in [1.29, 1.82) is 0 Å². The Balaban J connectivity index is 1.66. The van der Waals surface area contributed by atoms with E-state index in [1.165, 1.54) is 0 Å². The number of esters is 1. The van der Waals surface area contributed by atoms with Crippen molar-refractivity contribution in [1.82, 2.24) is 10.2 Å². The molecule has 1 aliphatic rings. The highest BCUT2D eigenvalue weighted by Crippen LogP contribution is 2.23. The number of urea groups is 1. The molecule has 5 heteroatoms. The second-order valence-corrected chi connectivity index (χ2v) is 6.72. The molecule has 5 nitrogen and oxygen atoms in total. The molecule has 142 valence electrons. The average molecular weight is 366 g/mol. The zero-order valence-electron chi connectivity index (χ0n) is 15.6. The van der Waals surface area contributed by atoms with Crippen LogP contribution in [-0.2, 0) is 9.53 Å². The summed E-state index contributed by atoms with van der Waals surface area (Å²) in [5.74, 6) is -0.253. The highest BCUT2D eigenvalue weighted by atomic mass is 16.5. The number of hydrogen-bond acceptors (Lipinski definition) is 3. The molecule has 2 amide bonds. The Hall–Kier alpha value is -2.82. The summed E-state index contributed by atoms with van der Waals surface area (Å²) in [6.45, 7) is 3.33. The molecule has 1 saturated heterocycles. The highest BCUT2D eigenvalue weighted by molar-refractivity contribution is 5.76. The average Bonchev–Trinajstić information content (AvgIpc) is 2.73. The van der Waals surface area contributed by atoms with E-state index in [1.54, 1.807) is 4.90 Å². The summed E-state index contributed by atoms with van der Waals surface area (Å²) in [7, 11) is 0. The van der Waals surface area contributed by atoms with Crippen molar-refractivity contribution < 1.29 is 14.3 Å². The van der Waals surface area contributed by atoms with Gasteiger partial charge in [0, 0.05) is 13.1 Å². The predicted octanol–water partition coefficient (Wildman–Crippen LogP) is 3.76. The first kappa shape index (κ1) is 19.0. The molecule has 0 spiro atoms. The first-order valence-electron chi connectivity index (χ1n) is 9.51. The maximum atomic E-state index is 12.9. The smallest absolute Gasteiger partial charge is 0.318 e. The fourth-order valence-electron chi connectivity index (χ4n) is 3.44. The van der Waals surface area contributed by atoms with E-state index in [0.29, 0.717) is 32.5 Å². The number of amides is 2. The van der Waals surface area contributed by atoms with Gasteiger partial charge in [0.15, 0.2) is 0 Å². The summed E-state index contributed by atoms with van der Waals surface area (Å²) in [6.07, 6.45) is 1.29. The first-order valence-corrected chi connectivity index (χ1v) is 9.51. The normalized spacial score (nSPS) is 14.8. The van der Waals surface area contributed by atoms with E-state index in [2.05, 4.69) is 5.32 Å². The van der Waals surface area contributed by atoms with Crippen LogP contribution in [0.5, 0.6) is 0 Å². The van der Waals surface area contributed by atoms with Gasteiger partial charge in [0.2, 0.25) is 0 Å². The zero-order chi connectivity index (χ0) is 19.1. The third-order valence-corrected chi connectivity index (χ3v) is 4.94. The van der Waals surface area contributed by atoms with Crippen LogP contribution in [0.3, 0.4) is 0 Å². The summed E-state index contributed by atoms with van der Waals surface area (Å²) in [5.41, 5.74) is 2.08. The van der Waals surface area contributed by atoms with Gasteiger partial charge in [-0.3, -0.25) is 4.79 Å². The lowest BCUT2D eigenvalue weighted by Gasteiger charge is -2.32. The number of nitrogens with zero attached hydrogens (tertiary/aromatic N) is 1. The maximum Gasteiger partial charge on any atom is 0.318 e. The van der Waals surface area contributed by atoms with E-state index in [-0.39, 0.29) is 24.0 Å². The van der Waals surface area contributed by atoms with Crippen molar-refractivity contribution in [2.24, 2.45) is 5.92 Å². The van der Waals surface area contributed by atoms with E-state index >= 15 is 0 Å². The molecule has 0 bridgehead atoms. The molecule has 3 rings (SSSR count). The third-order valence-electron chi connectivity index (χ3n) is 4.94. The van der Waals surface area contributed by atoms with Crippen LogP contribution < -0.4 is 5.32 Å². The van der Waals surface area contributed by atoms with Gasteiger partial charge >= 0.3 is 12.0 Å². The molecule has 2 aromatic rings. The van der Waals surface area contributed by atoms with Crippen molar-refractivity contribution in [2.75, 3.05) is 19.7 Å². The topological polar surface area (TPSA) is 58.6 Å². The van der Waals surface area contributed by atoms with E-state index in [0.717, 1.165) is 11.1 Å². The molecule has 1 aliphatic heterocycles. The Bertz CT molecular complexity index is 701. The van der Waals surface area contributed by atoms with Crippen LogP contribution in [-0.4, -0.2) is 36.6 Å². The van der Waals surface area contributed by atoms with Crippen LogP contribution in [0, 0.1) is 5.92 Å². The van der Waals surface area contributed by atoms with Gasteiger partial charge in [-0.2, -0.15) is 0 Å². The second-order valence-electron chi connectivity index (χ2n) is 6.72. The second kappa shape index (κ2) is 9.21. The highest BCUT2D eigenvalue weighted by Gasteiger charge is 2.29. The Morgan fingerprint density at radius 2 is 1.52 bits per heavy atom. The van der Waals surface area contributed by atoms with E-state index in [1.807, 2.05) is 67.6 Å². The van der Waals surface area contributed by atoms with Gasteiger partial charge in [0.05, 0.1) is 18.6 Å². The van der Waals surface area contributed by atoms with Gasteiger partial charge in [-0.15, -0.1) is 0 Å². The fourth-order valence-corrected chi connectivity index (χ4v) is 3.44. The summed E-state index contributed by atoms with van der Waals surface area (Å²) >= 11 is 0. The standard InChI is InChI=1S/C22H26N2O3/c1-2-27-21(25)19-13-15-24(16-14-19)22(26)23-20(17-9-5-3-6-10-17)18-11-7-4-8-12-18/h3-12,19-20H,2,13-16H2,1H3,(H,23,26). The number of benzene rings is 2. The van der Waals surface area contributed by atoms with Crippen LogP contribution >= 0.6 is 0 Å².